The number of hydrogen-bond donors (Lipinski definition) is 4. The van der Waals surface area contributed by atoms with Crippen LogP contribution in [-0.4, -0.2) is 71.0 Å². The highest BCUT2D eigenvalue weighted by molar-refractivity contribution is 5.79. The Morgan fingerprint density at radius 3 is 2.43 bits per heavy atom. The normalized spacial score (nSPS) is 33.3. The number of ether oxygens (including phenoxy) is 2. The highest BCUT2D eigenvalue weighted by atomic mass is 16.6. The fourth-order valence-corrected chi connectivity index (χ4v) is 2.11. The maximum Gasteiger partial charge on any atom is 0.180 e. The number of methoxy groups -OCH3 is 1. The average molecular weight is 297 g/mol. The molecule has 0 amide bonds. The van der Waals surface area contributed by atoms with Crippen molar-refractivity contribution in [3.63, 3.8) is 0 Å². The second kappa shape index (κ2) is 6.97. The van der Waals surface area contributed by atoms with Crippen LogP contribution in [0.4, 0.5) is 0 Å². The van der Waals surface area contributed by atoms with Crippen LogP contribution in [0.5, 0.6) is 5.75 Å². The minimum absolute atomic E-state index is 0.496. The van der Waals surface area contributed by atoms with Crippen molar-refractivity contribution in [1.82, 2.24) is 0 Å². The minimum atomic E-state index is -1.39. The third-order valence-corrected chi connectivity index (χ3v) is 3.38. The number of hydrogen-bond acceptors (Lipinski definition) is 7. The van der Waals surface area contributed by atoms with E-state index < -0.39 is 37.3 Å². The molecule has 7 nitrogen and oxygen atoms in total. The van der Waals surface area contributed by atoms with E-state index in [-0.39, 0.29) is 0 Å². The smallest absolute Gasteiger partial charge is 0.180 e. The van der Waals surface area contributed by atoms with Crippen LogP contribution in [0.15, 0.2) is 29.3 Å². The maximum atomic E-state index is 9.93. The Labute approximate surface area is 122 Å². The predicted octanol–water partition coefficient (Wildman–Crippen LogP) is -1.09. The van der Waals surface area contributed by atoms with E-state index in [9.17, 15) is 15.3 Å². The molecular weight excluding hydrogens is 278 g/mol. The van der Waals surface area contributed by atoms with Gasteiger partial charge in [-0.15, -0.1) is 0 Å². The largest absolute Gasteiger partial charge is 0.497 e. The molecular formula is C14H19NO6. The Balaban J connectivity index is 2.08. The molecule has 7 heteroatoms. The Kier molecular flexibility index (Phi) is 5.27. The molecule has 0 saturated carbocycles. The molecule has 1 fully saturated rings. The third kappa shape index (κ3) is 3.58. The highest BCUT2D eigenvalue weighted by Gasteiger charge is 2.43. The van der Waals surface area contributed by atoms with E-state index in [2.05, 4.69) is 4.99 Å². The SMILES string of the molecule is COc1ccc(C=N[C@H]2[C@@H](O)[C@H](O)[C@H](CO)O[C@H]2O)cc1. The molecule has 2 rings (SSSR count). The van der Waals surface area contributed by atoms with Gasteiger partial charge in [0.15, 0.2) is 6.29 Å². The molecule has 21 heavy (non-hydrogen) atoms. The van der Waals surface area contributed by atoms with Gasteiger partial charge in [0.2, 0.25) is 0 Å². The lowest BCUT2D eigenvalue weighted by molar-refractivity contribution is -0.248. The zero-order valence-electron chi connectivity index (χ0n) is 11.5. The van der Waals surface area contributed by atoms with Gasteiger partial charge in [-0.3, -0.25) is 4.99 Å². The molecule has 1 aliphatic rings. The van der Waals surface area contributed by atoms with Crippen LogP contribution < -0.4 is 4.74 Å². The van der Waals surface area contributed by atoms with E-state index in [4.69, 9.17) is 14.6 Å². The molecule has 1 heterocycles. The van der Waals surface area contributed by atoms with Crippen LogP contribution in [0, 0.1) is 0 Å². The Morgan fingerprint density at radius 1 is 1.19 bits per heavy atom. The topological polar surface area (TPSA) is 112 Å². The molecule has 0 spiro atoms. The summed E-state index contributed by atoms with van der Waals surface area (Å²) >= 11 is 0. The summed E-state index contributed by atoms with van der Waals surface area (Å²) in [6, 6.07) is 6.00. The van der Waals surface area contributed by atoms with E-state index in [0.29, 0.717) is 5.75 Å². The van der Waals surface area contributed by atoms with Crippen molar-refractivity contribution in [2.45, 2.75) is 30.6 Å². The predicted molar refractivity (Wildman–Crippen MR) is 74.4 cm³/mol. The number of aliphatic imine (C=N–C) groups is 1. The molecule has 0 aliphatic carbocycles. The molecule has 5 atom stereocenters. The van der Waals surface area contributed by atoms with E-state index in [0.717, 1.165) is 5.56 Å². The van der Waals surface area contributed by atoms with Crippen molar-refractivity contribution in [1.29, 1.82) is 0 Å². The average Bonchev–Trinajstić information content (AvgIpc) is 2.51. The van der Waals surface area contributed by atoms with Gasteiger partial charge in [-0.25, -0.2) is 0 Å². The summed E-state index contributed by atoms with van der Waals surface area (Å²) in [6.45, 7) is -0.496. The van der Waals surface area contributed by atoms with Gasteiger partial charge in [-0.1, -0.05) is 0 Å². The zero-order chi connectivity index (χ0) is 15.4. The molecule has 4 N–H and O–H groups in total. The zero-order valence-corrected chi connectivity index (χ0v) is 11.5. The van der Waals surface area contributed by atoms with Gasteiger partial charge in [-0.05, 0) is 29.8 Å². The fraction of sp³-hybridized carbons (Fsp3) is 0.500. The first kappa shape index (κ1) is 15.9. The fourth-order valence-electron chi connectivity index (χ4n) is 2.11. The molecule has 1 saturated heterocycles. The van der Waals surface area contributed by atoms with Gasteiger partial charge in [0.1, 0.15) is 30.1 Å². The number of nitrogens with zero attached hydrogens (tertiary/aromatic N) is 1. The summed E-state index contributed by atoms with van der Waals surface area (Å²) < 4.78 is 10.1. The third-order valence-electron chi connectivity index (χ3n) is 3.38. The van der Waals surface area contributed by atoms with Crippen LogP contribution >= 0.6 is 0 Å². The van der Waals surface area contributed by atoms with Crippen molar-refractivity contribution in [2.24, 2.45) is 4.99 Å². The van der Waals surface area contributed by atoms with E-state index in [1.807, 2.05) is 0 Å². The molecule has 0 aromatic heterocycles. The lowest BCUT2D eigenvalue weighted by Crippen LogP contribution is -2.57. The number of aliphatic hydroxyl groups excluding tert-OH is 4. The summed E-state index contributed by atoms with van der Waals surface area (Å²) in [7, 11) is 1.56. The number of benzene rings is 1. The molecule has 1 aliphatic heterocycles. The summed E-state index contributed by atoms with van der Waals surface area (Å²) in [5.41, 5.74) is 0.744. The van der Waals surface area contributed by atoms with Crippen molar-refractivity contribution >= 4 is 6.21 Å². The molecule has 0 unspecified atom stereocenters. The van der Waals surface area contributed by atoms with E-state index in [1.54, 1.807) is 31.4 Å². The molecule has 1 aromatic carbocycles. The van der Waals surface area contributed by atoms with Gasteiger partial charge < -0.3 is 29.9 Å². The number of rotatable bonds is 4. The van der Waals surface area contributed by atoms with Crippen LogP contribution in [-0.2, 0) is 4.74 Å². The Hall–Kier alpha value is -1.51. The van der Waals surface area contributed by atoms with Crippen molar-refractivity contribution < 1.29 is 29.9 Å². The van der Waals surface area contributed by atoms with Crippen molar-refractivity contribution in [2.75, 3.05) is 13.7 Å². The first-order chi connectivity index (χ1) is 10.1. The van der Waals surface area contributed by atoms with Crippen molar-refractivity contribution in [3.8, 4) is 5.75 Å². The van der Waals surface area contributed by atoms with Crippen LogP contribution in [0.25, 0.3) is 0 Å². The van der Waals surface area contributed by atoms with Gasteiger partial charge in [0, 0.05) is 6.21 Å². The van der Waals surface area contributed by atoms with E-state index >= 15 is 0 Å². The van der Waals surface area contributed by atoms with Gasteiger partial charge in [0.05, 0.1) is 13.7 Å². The van der Waals surface area contributed by atoms with Gasteiger partial charge in [0.25, 0.3) is 0 Å². The summed E-state index contributed by atoms with van der Waals surface area (Å²) in [4.78, 5) is 4.06. The molecule has 1 aromatic rings. The second-order valence-electron chi connectivity index (χ2n) is 4.77. The number of aliphatic hydroxyl groups is 4. The molecule has 0 bridgehead atoms. The van der Waals surface area contributed by atoms with Gasteiger partial charge in [-0.2, -0.15) is 0 Å². The second-order valence-corrected chi connectivity index (χ2v) is 4.77. The quantitative estimate of drug-likeness (QED) is 0.526. The highest BCUT2D eigenvalue weighted by Crippen LogP contribution is 2.22. The monoisotopic (exact) mass is 297 g/mol. The molecule has 0 radical (unpaired) electrons. The van der Waals surface area contributed by atoms with Crippen LogP contribution in [0.1, 0.15) is 5.56 Å². The Morgan fingerprint density at radius 2 is 1.86 bits per heavy atom. The first-order valence-electron chi connectivity index (χ1n) is 6.54. The van der Waals surface area contributed by atoms with E-state index in [1.165, 1.54) is 6.21 Å². The standard InChI is InChI=1S/C14H19NO6/c1-20-9-4-2-8(3-5-9)6-15-11-13(18)12(17)10(7-16)21-14(11)19/h2-6,10-14,16-19H,7H2,1H3/t10-,11-,12+,13+,14+/m0/s1. The first-order valence-corrected chi connectivity index (χ1v) is 6.54. The summed E-state index contributed by atoms with van der Waals surface area (Å²) in [5, 5.41) is 38.5. The van der Waals surface area contributed by atoms with Crippen molar-refractivity contribution in [3.05, 3.63) is 29.8 Å². The summed E-state index contributed by atoms with van der Waals surface area (Å²) in [5.74, 6) is 0.703. The summed E-state index contributed by atoms with van der Waals surface area (Å²) in [6.07, 6.45) is -3.58. The van der Waals surface area contributed by atoms with Crippen LogP contribution in [0.2, 0.25) is 0 Å². The Bertz CT molecular complexity index is 477. The lowest BCUT2D eigenvalue weighted by atomic mass is 9.97. The minimum Gasteiger partial charge on any atom is -0.497 e. The maximum absolute atomic E-state index is 9.93. The van der Waals surface area contributed by atoms with Gasteiger partial charge >= 0.3 is 0 Å². The van der Waals surface area contributed by atoms with Crippen LogP contribution in [0.3, 0.4) is 0 Å². The molecule has 116 valence electrons. The lowest BCUT2D eigenvalue weighted by Gasteiger charge is -2.38.